The number of hydrogen-bond acceptors (Lipinski definition) is 3. The molecule has 98 valence electrons. The molecule has 0 amide bonds. The fraction of sp³-hybridized carbons (Fsp3) is 0.357. The van der Waals surface area contributed by atoms with Crippen LogP contribution in [0.2, 0.25) is 0 Å². The summed E-state index contributed by atoms with van der Waals surface area (Å²) < 4.78 is 1.10. The zero-order valence-electron chi connectivity index (χ0n) is 10.8. The Bertz CT molecular complexity index is 450. The van der Waals surface area contributed by atoms with E-state index in [4.69, 9.17) is 5.41 Å². The fourth-order valence-electron chi connectivity index (χ4n) is 1.54. The first-order valence-corrected chi connectivity index (χ1v) is 6.88. The Balaban J connectivity index is 2.85. The Labute approximate surface area is 122 Å². The second-order valence-corrected chi connectivity index (χ2v) is 5.96. The third kappa shape index (κ3) is 4.42. The fourth-order valence-corrected chi connectivity index (χ4v) is 2.23. The van der Waals surface area contributed by atoms with Gasteiger partial charge in [-0.25, -0.2) is 0 Å². The van der Waals surface area contributed by atoms with Crippen LogP contribution in [0.3, 0.4) is 0 Å². The van der Waals surface area contributed by atoms with Crippen molar-refractivity contribution in [1.82, 2.24) is 0 Å². The van der Waals surface area contributed by atoms with Gasteiger partial charge in [0, 0.05) is 27.6 Å². The summed E-state index contributed by atoms with van der Waals surface area (Å²) in [5.41, 5.74) is 2.11. The standard InChI is InChI=1S/C14H19IN2O/c1-4-10-7-11(9-16)13(8-12(10)15)17-6-5-14(2,3)18/h4,7-9,16-18H,1,5-6H2,2-3H3. The van der Waals surface area contributed by atoms with Crippen LogP contribution < -0.4 is 5.32 Å². The summed E-state index contributed by atoms with van der Waals surface area (Å²) in [6, 6.07) is 3.94. The molecule has 3 nitrogen and oxygen atoms in total. The first-order valence-electron chi connectivity index (χ1n) is 5.80. The summed E-state index contributed by atoms with van der Waals surface area (Å²) in [7, 11) is 0. The van der Waals surface area contributed by atoms with Gasteiger partial charge in [-0.3, -0.25) is 0 Å². The highest BCUT2D eigenvalue weighted by Crippen LogP contribution is 2.23. The van der Waals surface area contributed by atoms with Crippen molar-refractivity contribution in [1.29, 1.82) is 5.41 Å². The maximum absolute atomic E-state index is 9.66. The molecule has 0 aliphatic carbocycles. The first-order chi connectivity index (χ1) is 8.37. The zero-order valence-corrected chi connectivity index (χ0v) is 12.9. The Morgan fingerprint density at radius 1 is 1.44 bits per heavy atom. The van der Waals surface area contributed by atoms with Crippen molar-refractivity contribution in [3.8, 4) is 0 Å². The van der Waals surface area contributed by atoms with E-state index in [-0.39, 0.29) is 0 Å². The Morgan fingerprint density at radius 2 is 2.11 bits per heavy atom. The summed E-state index contributed by atoms with van der Waals surface area (Å²) >= 11 is 2.25. The number of halogens is 1. The smallest absolute Gasteiger partial charge is 0.0608 e. The molecule has 3 N–H and O–H groups in total. The minimum atomic E-state index is -0.675. The molecule has 18 heavy (non-hydrogen) atoms. The molecular formula is C14H19IN2O. The number of hydrogen-bond donors (Lipinski definition) is 3. The van der Waals surface area contributed by atoms with Gasteiger partial charge in [-0.15, -0.1) is 0 Å². The maximum atomic E-state index is 9.66. The van der Waals surface area contributed by atoms with Crippen molar-refractivity contribution in [2.75, 3.05) is 11.9 Å². The lowest BCUT2D eigenvalue weighted by atomic mass is 10.1. The molecule has 0 atom stereocenters. The summed E-state index contributed by atoms with van der Waals surface area (Å²) in [5, 5.41) is 20.4. The highest BCUT2D eigenvalue weighted by Gasteiger charge is 2.12. The molecule has 1 aromatic rings. The van der Waals surface area contributed by atoms with E-state index in [1.165, 1.54) is 6.21 Å². The van der Waals surface area contributed by atoms with Crippen LogP contribution in [-0.4, -0.2) is 23.5 Å². The van der Waals surface area contributed by atoms with Gasteiger partial charge in [0.1, 0.15) is 0 Å². The van der Waals surface area contributed by atoms with Crippen LogP contribution in [0.1, 0.15) is 31.4 Å². The van der Waals surface area contributed by atoms with Crippen LogP contribution in [0, 0.1) is 8.98 Å². The van der Waals surface area contributed by atoms with Crippen LogP contribution in [0.25, 0.3) is 6.08 Å². The highest BCUT2D eigenvalue weighted by atomic mass is 127. The van der Waals surface area contributed by atoms with Crippen molar-refractivity contribution in [3.05, 3.63) is 33.4 Å². The molecule has 0 aromatic heterocycles. The molecule has 0 bridgehead atoms. The number of nitrogens with one attached hydrogen (secondary N) is 2. The average Bonchev–Trinajstić information content (AvgIpc) is 2.27. The minimum Gasteiger partial charge on any atom is -0.390 e. The quantitative estimate of drug-likeness (QED) is 0.539. The normalized spacial score (nSPS) is 11.1. The molecule has 0 unspecified atom stereocenters. The van der Waals surface area contributed by atoms with E-state index in [1.807, 2.05) is 12.1 Å². The van der Waals surface area contributed by atoms with Gasteiger partial charge in [-0.2, -0.15) is 0 Å². The van der Waals surface area contributed by atoms with Gasteiger partial charge in [0.2, 0.25) is 0 Å². The molecule has 0 saturated heterocycles. The van der Waals surface area contributed by atoms with E-state index >= 15 is 0 Å². The minimum absolute atomic E-state index is 0.657. The van der Waals surface area contributed by atoms with Gasteiger partial charge < -0.3 is 15.8 Å². The Hall–Kier alpha value is -0.880. The summed E-state index contributed by atoms with van der Waals surface area (Å²) in [6.45, 7) is 8.01. The van der Waals surface area contributed by atoms with Crippen molar-refractivity contribution in [2.45, 2.75) is 25.9 Å². The monoisotopic (exact) mass is 358 g/mol. The maximum Gasteiger partial charge on any atom is 0.0608 e. The Morgan fingerprint density at radius 3 is 2.61 bits per heavy atom. The lowest BCUT2D eigenvalue weighted by molar-refractivity contribution is 0.0749. The third-order valence-electron chi connectivity index (χ3n) is 2.60. The second kappa shape index (κ2) is 6.33. The van der Waals surface area contributed by atoms with Crippen molar-refractivity contribution >= 4 is 40.6 Å². The molecule has 0 heterocycles. The average molecular weight is 358 g/mol. The van der Waals surface area contributed by atoms with E-state index < -0.39 is 5.60 Å². The Kier molecular flexibility index (Phi) is 5.34. The molecule has 0 radical (unpaired) electrons. The molecule has 1 rings (SSSR count). The van der Waals surface area contributed by atoms with Crippen LogP contribution in [0.5, 0.6) is 0 Å². The third-order valence-corrected chi connectivity index (χ3v) is 3.53. The lowest BCUT2D eigenvalue weighted by Crippen LogP contribution is -2.23. The van der Waals surface area contributed by atoms with Crippen molar-refractivity contribution < 1.29 is 5.11 Å². The van der Waals surface area contributed by atoms with E-state index in [1.54, 1.807) is 19.9 Å². The number of benzene rings is 1. The molecule has 0 spiro atoms. The van der Waals surface area contributed by atoms with E-state index in [2.05, 4.69) is 34.5 Å². The zero-order chi connectivity index (χ0) is 13.8. The SMILES string of the molecule is C=Cc1cc(C=N)c(NCCC(C)(C)O)cc1I. The van der Waals surface area contributed by atoms with Crippen LogP contribution in [0.4, 0.5) is 5.69 Å². The van der Waals surface area contributed by atoms with Crippen molar-refractivity contribution in [3.63, 3.8) is 0 Å². The molecule has 4 heteroatoms. The number of anilines is 1. The second-order valence-electron chi connectivity index (χ2n) is 4.80. The predicted molar refractivity (Wildman–Crippen MR) is 86.5 cm³/mol. The first kappa shape index (κ1) is 15.2. The van der Waals surface area contributed by atoms with Gasteiger partial charge in [0.05, 0.1) is 5.60 Å². The van der Waals surface area contributed by atoms with Gasteiger partial charge in [-0.05, 0) is 60.6 Å². The molecular weight excluding hydrogens is 339 g/mol. The summed E-state index contributed by atoms with van der Waals surface area (Å²) in [5.74, 6) is 0. The molecule has 0 saturated carbocycles. The summed E-state index contributed by atoms with van der Waals surface area (Å²) in [6.07, 6.45) is 3.77. The predicted octanol–water partition coefficient (Wildman–Crippen LogP) is 3.50. The largest absolute Gasteiger partial charge is 0.390 e. The van der Waals surface area contributed by atoms with Gasteiger partial charge >= 0.3 is 0 Å². The van der Waals surface area contributed by atoms with Gasteiger partial charge in [-0.1, -0.05) is 12.7 Å². The molecule has 0 aliphatic heterocycles. The number of rotatable bonds is 6. The van der Waals surface area contributed by atoms with Crippen LogP contribution in [0.15, 0.2) is 18.7 Å². The van der Waals surface area contributed by atoms with Crippen molar-refractivity contribution in [2.24, 2.45) is 0 Å². The highest BCUT2D eigenvalue weighted by molar-refractivity contribution is 14.1. The van der Waals surface area contributed by atoms with Crippen LogP contribution in [-0.2, 0) is 0 Å². The van der Waals surface area contributed by atoms with Gasteiger partial charge in [0.25, 0.3) is 0 Å². The summed E-state index contributed by atoms with van der Waals surface area (Å²) in [4.78, 5) is 0. The topological polar surface area (TPSA) is 56.1 Å². The van der Waals surface area contributed by atoms with Crippen LogP contribution >= 0.6 is 22.6 Å². The van der Waals surface area contributed by atoms with E-state index in [0.717, 1.165) is 20.4 Å². The van der Waals surface area contributed by atoms with E-state index in [9.17, 15) is 5.11 Å². The van der Waals surface area contributed by atoms with Gasteiger partial charge in [0.15, 0.2) is 0 Å². The molecule has 0 fully saturated rings. The number of aliphatic hydroxyl groups is 1. The molecule has 0 aliphatic rings. The lowest BCUT2D eigenvalue weighted by Gasteiger charge is -2.18. The van der Waals surface area contributed by atoms with E-state index in [0.29, 0.717) is 13.0 Å². The molecule has 1 aromatic carbocycles.